The number of nitrogens with zero attached hydrogens (tertiary/aromatic N) is 2. The summed E-state index contributed by atoms with van der Waals surface area (Å²) in [6.45, 7) is 9.39. The molecule has 1 aromatic carbocycles. The van der Waals surface area contributed by atoms with Crippen LogP contribution in [0.1, 0.15) is 40.0 Å². The Morgan fingerprint density at radius 3 is 2.74 bits per heavy atom. The SMILES string of the molecule is CCNC(=NCCC(=O)NC(C)CC)NC1CCN(c2ccc(Br)cc2)C1. The van der Waals surface area contributed by atoms with Gasteiger partial charge in [-0.2, -0.15) is 0 Å². The highest BCUT2D eigenvalue weighted by atomic mass is 79.9. The zero-order valence-electron chi connectivity index (χ0n) is 16.6. The molecule has 150 valence electrons. The van der Waals surface area contributed by atoms with E-state index in [0.29, 0.717) is 19.0 Å². The molecule has 0 saturated carbocycles. The van der Waals surface area contributed by atoms with Crippen molar-refractivity contribution in [1.82, 2.24) is 16.0 Å². The second-order valence-corrected chi connectivity index (χ2v) is 7.86. The van der Waals surface area contributed by atoms with E-state index in [9.17, 15) is 4.79 Å². The lowest BCUT2D eigenvalue weighted by Gasteiger charge is -2.20. The van der Waals surface area contributed by atoms with Crippen molar-refractivity contribution < 1.29 is 4.79 Å². The van der Waals surface area contributed by atoms with Crippen LogP contribution in [0.4, 0.5) is 5.69 Å². The van der Waals surface area contributed by atoms with Gasteiger partial charge in [0, 0.05) is 48.3 Å². The van der Waals surface area contributed by atoms with E-state index in [0.717, 1.165) is 42.9 Å². The molecule has 0 radical (unpaired) electrons. The van der Waals surface area contributed by atoms with Crippen LogP contribution in [0, 0.1) is 0 Å². The summed E-state index contributed by atoms with van der Waals surface area (Å²) < 4.78 is 1.10. The minimum Gasteiger partial charge on any atom is -0.369 e. The molecular formula is C20H32BrN5O. The second-order valence-electron chi connectivity index (χ2n) is 6.94. The summed E-state index contributed by atoms with van der Waals surface area (Å²) in [5, 5.41) is 9.77. The number of guanidine groups is 1. The highest BCUT2D eigenvalue weighted by molar-refractivity contribution is 9.10. The lowest BCUT2D eigenvalue weighted by molar-refractivity contribution is -0.121. The number of rotatable bonds is 8. The Hall–Kier alpha value is -1.76. The van der Waals surface area contributed by atoms with E-state index in [2.05, 4.69) is 79.9 Å². The number of halogens is 1. The van der Waals surface area contributed by atoms with Gasteiger partial charge in [0.15, 0.2) is 5.96 Å². The zero-order valence-corrected chi connectivity index (χ0v) is 18.2. The number of amides is 1. The van der Waals surface area contributed by atoms with E-state index in [1.807, 2.05) is 6.92 Å². The standard InChI is InChI=1S/C20H32BrN5O/c1-4-15(3)24-19(27)10-12-23-20(22-5-2)25-17-11-13-26(14-17)18-8-6-16(21)7-9-18/h6-9,15,17H,4-5,10-14H2,1-3H3,(H,24,27)(H2,22,23,25). The van der Waals surface area contributed by atoms with Crippen LogP contribution < -0.4 is 20.9 Å². The molecule has 0 aromatic heterocycles. The van der Waals surface area contributed by atoms with Crippen molar-refractivity contribution in [2.45, 2.75) is 52.1 Å². The lowest BCUT2D eigenvalue weighted by Crippen LogP contribution is -2.44. The van der Waals surface area contributed by atoms with Crippen LogP contribution in [-0.2, 0) is 4.79 Å². The van der Waals surface area contributed by atoms with Gasteiger partial charge in [-0.15, -0.1) is 0 Å². The van der Waals surface area contributed by atoms with E-state index in [1.54, 1.807) is 0 Å². The Kier molecular flexibility index (Phi) is 8.91. The maximum Gasteiger partial charge on any atom is 0.222 e. The van der Waals surface area contributed by atoms with Crippen molar-refractivity contribution >= 4 is 33.5 Å². The molecular weight excluding hydrogens is 406 g/mol. The van der Waals surface area contributed by atoms with E-state index in [-0.39, 0.29) is 11.9 Å². The van der Waals surface area contributed by atoms with Crippen molar-refractivity contribution in [3.05, 3.63) is 28.7 Å². The first-order valence-electron chi connectivity index (χ1n) is 9.86. The summed E-state index contributed by atoms with van der Waals surface area (Å²) in [5.74, 6) is 0.850. The third-order valence-corrected chi connectivity index (χ3v) is 5.22. The maximum atomic E-state index is 11.9. The highest BCUT2D eigenvalue weighted by Crippen LogP contribution is 2.22. The zero-order chi connectivity index (χ0) is 19.6. The number of hydrogen-bond acceptors (Lipinski definition) is 3. The molecule has 1 saturated heterocycles. The summed E-state index contributed by atoms with van der Waals surface area (Å²) in [6.07, 6.45) is 2.42. The second kappa shape index (κ2) is 11.2. The molecule has 3 N–H and O–H groups in total. The van der Waals surface area contributed by atoms with Gasteiger partial charge in [-0.25, -0.2) is 0 Å². The first-order chi connectivity index (χ1) is 13.0. The number of anilines is 1. The molecule has 7 heteroatoms. The van der Waals surface area contributed by atoms with Gasteiger partial charge in [0.2, 0.25) is 5.91 Å². The number of carbonyl (C=O) groups excluding carboxylic acids is 1. The van der Waals surface area contributed by atoms with Crippen LogP contribution in [0.15, 0.2) is 33.7 Å². The van der Waals surface area contributed by atoms with Crippen LogP contribution in [-0.4, -0.2) is 50.1 Å². The Morgan fingerprint density at radius 1 is 1.33 bits per heavy atom. The van der Waals surface area contributed by atoms with Crippen molar-refractivity contribution in [1.29, 1.82) is 0 Å². The van der Waals surface area contributed by atoms with E-state index >= 15 is 0 Å². The quantitative estimate of drug-likeness (QED) is 0.431. The van der Waals surface area contributed by atoms with E-state index in [1.165, 1.54) is 5.69 Å². The molecule has 0 spiro atoms. The number of carbonyl (C=O) groups is 1. The lowest BCUT2D eigenvalue weighted by atomic mass is 10.2. The fourth-order valence-electron chi connectivity index (χ4n) is 3.00. The third-order valence-electron chi connectivity index (χ3n) is 4.69. The predicted molar refractivity (Wildman–Crippen MR) is 116 cm³/mol. The van der Waals surface area contributed by atoms with Crippen LogP contribution in [0.2, 0.25) is 0 Å². The average Bonchev–Trinajstić information content (AvgIpc) is 3.10. The van der Waals surface area contributed by atoms with Crippen LogP contribution in [0.5, 0.6) is 0 Å². The Labute approximate surface area is 171 Å². The van der Waals surface area contributed by atoms with Crippen molar-refractivity contribution in [2.75, 3.05) is 31.1 Å². The predicted octanol–water partition coefficient (Wildman–Crippen LogP) is 2.89. The molecule has 6 nitrogen and oxygen atoms in total. The van der Waals surface area contributed by atoms with Crippen molar-refractivity contribution in [3.63, 3.8) is 0 Å². The Balaban J connectivity index is 1.83. The molecule has 1 fully saturated rings. The summed E-state index contributed by atoms with van der Waals surface area (Å²) >= 11 is 3.48. The Bertz CT molecular complexity index is 619. The minimum atomic E-state index is 0.0613. The highest BCUT2D eigenvalue weighted by Gasteiger charge is 2.23. The summed E-state index contributed by atoms with van der Waals surface area (Å²) in [5.41, 5.74) is 1.24. The van der Waals surface area contributed by atoms with Gasteiger partial charge in [0.25, 0.3) is 0 Å². The molecule has 2 rings (SSSR count). The normalized spacial score (nSPS) is 18.3. The molecule has 1 heterocycles. The largest absolute Gasteiger partial charge is 0.369 e. The van der Waals surface area contributed by atoms with Gasteiger partial charge in [-0.3, -0.25) is 9.79 Å². The fourth-order valence-corrected chi connectivity index (χ4v) is 3.26. The fraction of sp³-hybridized carbons (Fsp3) is 0.600. The average molecular weight is 438 g/mol. The molecule has 0 aliphatic carbocycles. The van der Waals surface area contributed by atoms with Gasteiger partial charge in [-0.1, -0.05) is 22.9 Å². The smallest absolute Gasteiger partial charge is 0.222 e. The van der Waals surface area contributed by atoms with Crippen molar-refractivity contribution in [2.24, 2.45) is 4.99 Å². The van der Waals surface area contributed by atoms with Gasteiger partial charge in [-0.05, 0) is 51.0 Å². The van der Waals surface area contributed by atoms with Gasteiger partial charge in [0.05, 0.1) is 6.54 Å². The Morgan fingerprint density at radius 2 is 2.07 bits per heavy atom. The van der Waals surface area contributed by atoms with E-state index < -0.39 is 0 Å². The molecule has 27 heavy (non-hydrogen) atoms. The number of benzene rings is 1. The number of aliphatic imine (C=N–C) groups is 1. The van der Waals surface area contributed by atoms with Crippen molar-refractivity contribution in [3.8, 4) is 0 Å². The van der Waals surface area contributed by atoms with Crippen LogP contribution in [0.3, 0.4) is 0 Å². The first kappa shape index (κ1) is 21.5. The van der Waals surface area contributed by atoms with Crippen LogP contribution in [0.25, 0.3) is 0 Å². The molecule has 2 unspecified atom stereocenters. The molecule has 1 aliphatic heterocycles. The number of hydrogen-bond donors (Lipinski definition) is 3. The molecule has 1 aliphatic rings. The van der Waals surface area contributed by atoms with Gasteiger partial charge < -0.3 is 20.9 Å². The summed E-state index contributed by atoms with van der Waals surface area (Å²) in [6, 6.07) is 9.00. The van der Waals surface area contributed by atoms with Gasteiger partial charge in [0.1, 0.15) is 0 Å². The van der Waals surface area contributed by atoms with Gasteiger partial charge >= 0.3 is 0 Å². The molecule has 2 atom stereocenters. The third kappa shape index (κ3) is 7.40. The topological polar surface area (TPSA) is 68.8 Å². The summed E-state index contributed by atoms with van der Waals surface area (Å²) in [7, 11) is 0. The van der Waals surface area contributed by atoms with Crippen LogP contribution >= 0.6 is 15.9 Å². The maximum absolute atomic E-state index is 11.9. The molecule has 0 bridgehead atoms. The molecule has 1 aromatic rings. The minimum absolute atomic E-state index is 0.0613. The molecule has 1 amide bonds. The first-order valence-corrected chi connectivity index (χ1v) is 10.7. The summed E-state index contributed by atoms with van der Waals surface area (Å²) in [4.78, 5) is 18.8. The monoisotopic (exact) mass is 437 g/mol. The number of nitrogens with one attached hydrogen (secondary N) is 3. The van der Waals surface area contributed by atoms with E-state index in [4.69, 9.17) is 0 Å².